The summed E-state index contributed by atoms with van der Waals surface area (Å²) in [6.45, 7) is 15.8. The molecule has 3 heterocycles. The first-order valence-corrected chi connectivity index (χ1v) is 15.0. The maximum atomic E-state index is 13.4. The molecule has 0 bridgehead atoms. The number of imide groups is 1. The Hall–Kier alpha value is -1.50. The summed E-state index contributed by atoms with van der Waals surface area (Å²) in [5, 5.41) is 2.09. The van der Waals surface area contributed by atoms with E-state index in [9.17, 15) is 9.59 Å². The lowest BCUT2D eigenvalue weighted by atomic mass is 9.95. The number of unbranched alkanes of at least 4 members (excludes halogenated alkanes) is 5. The zero-order chi connectivity index (χ0) is 25.0. The highest BCUT2D eigenvalue weighted by molar-refractivity contribution is 7.23. The molecule has 0 aromatic carbocycles. The van der Waals surface area contributed by atoms with Crippen LogP contribution in [0.3, 0.4) is 0 Å². The zero-order valence-corrected chi connectivity index (χ0v) is 24.2. The van der Waals surface area contributed by atoms with Gasteiger partial charge in [0.05, 0.1) is 10.4 Å². The largest absolute Gasteiger partial charge is 0.274 e. The molecule has 2 aromatic rings. The molecule has 1 aliphatic rings. The first kappa shape index (κ1) is 27.1. The van der Waals surface area contributed by atoms with Gasteiger partial charge in [0.15, 0.2) is 0 Å². The van der Waals surface area contributed by atoms with Gasteiger partial charge in [-0.25, -0.2) is 0 Å². The highest BCUT2D eigenvalue weighted by Gasteiger charge is 2.37. The lowest BCUT2D eigenvalue weighted by Gasteiger charge is -2.15. The maximum Gasteiger partial charge on any atom is 0.271 e. The third kappa shape index (κ3) is 6.00. The van der Waals surface area contributed by atoms with Gasteiger partial charge in [-0.05, 0) is 42.4 Å². The molecule has 0 atom stereocenters. The lowest BCUT2D eigenvalue weighted by molar-refractivity contribution is 0.0652. The minimum absolute atomic E-state index is 0.107. The summed E-state index contributed by atoms with van der Waals surface area (Å²) in [4.78, 5) is 33.7. The Kier molecular flexibility index (Phi) is 9.16. The molecule has 1 aliphatic heterocycles. The normalized spacial score (nSPS) is 13.7. The second kappa shape index (κ2) is 11.5. The molecule has 0 N–H and O–H groups in total. The third-order valence-electron chi connectivity index (χ3n) is 6.22. The van der Waals surface area contributed by atoms with Gasteiger partial charge in [0.2, 0.25) is 0 Å². The summed E-state index contributed by atoms with van der Waals surface area (Å²) in [6.07, 6.45) is 6.82. The second-order valence-electron chi connectivity index (χ2n) is 10.5. The predicted octanol–water partition coefficient (Wildman–Crippen LogP) is 9.35. The Morgan fingerprint density at radius 2 is 1.59 bits per heavy atom. The maximum absolute atomic E-state index is 13.4. The van der Waals surface area contributed by atoms with Gasteiger partial charge in [0.25, 0.3) is 11.8 Å². The van der Waals surface area contributed by atoms with Gasteiger partial charge < -0.3 is 0 Å². The van der Waals surface area contributed by atoms with Crippen molar-refractivity contribution in [3.8, 4) is 9.75 Å². The molecule has 3 nitrogen and oxygen atoms in total. The van der Waals surface area contributed by atoms with E-state index in [1.54, 1.807) is 11.3 Å². The van der Waals surface area contributed by atoms with Crippen LogP contribution in [0.5, 0.6) is 0 Å². The molecule has 0 fully saturated rings. The molecule has 3 rings (SSSR count). The zero-order valence-electron chi connectivity index (χ0n) is 21.7. The number of fused-ring (bicyclic) bond motifs is 1. The average Bonchev–Trinajstić information content (AvgIpc) is 3.33. The second-order valence-corrected chi connectivity index (χ2v) is 13.5. The van der Waals surface area contributed by atoms with Crippen molar-refractivity contribution in [1.82, 2.24) is 4.90 Å². The minimum Gasteiger partial charge on any atom is -0.274 e. The van der Waals surface area contributed by atoms with Crippen molar-refractivity contribution >= 4 is 45.8 Å². The van der Waals surface area contributed by atoms with E-state index in [2.05, 4.69) is 59.1 Å². The van der Waals surface area contributed by atoms with Crippen LogP contribution in [-0.4, -0.2) is 23.3 Å². The molecular formula is C28H39NO2S3. The molecule has 0 radical (unpaired) electrons. The predicted molar refractivity (Wildman–Crippen MR) is 149 cm³/mol. The molecule has 34 heavy (non-hydrogen) atoms. The number of carbonyl (C=O) groups excluding carboxylic acids is 2. The van der Waals surface area contributed by atoms with Crippen LogP contribution in [0, 0.1) is 6.92 Å². The molecule has 186 valence electrons. The SMILES string of the molecule is CCCCCCCCN1C(=O)c2scc(-c3ccc(C(C)(C)C)s3)sc(C(C)C)c(C)c2C1=O. The molecule has 0 saturated heterocycles. The highest BCUT2D eigenvalue weighted by Crippen LogP contribution is 2.41. The van der Waals surface area contributed by atoms with E-state index in [4.69, 9.17) is 0 Å². The van der Waals surface area contributed by atoms with Gasteiger partial charge >= 0.3 is 0 Å². The monoisotopic (exact) mass is 517 g/mol. The van der Waals surface area contributed by atoms with Crippen molar-refractivity contribution < 1.29 is 9.59 Å². The Labute approximate surface area is 217 Å². The molecule has 2 aromatic heterocycles. The minimum atomic E-state index is -0.120. The Morgan fingerprint density at radius 1 is 0.912 bits per heavy atom. The van der Waals surface area contributed by atoms with Crippen LogP contribution >= 0.6 is 34.0 Å². The van der Waals surface area contributed by atoms with Crippen molar-refractivity contribution in [3.05, 3.63) is 43.3 Å². The van der Waals surface area contributed by atoms with Crippen molar-refractivity contribution in [3.63, 3.8) is 0 Å². The van der Waals surface area contributed by atoms with Crippen LogP contribution in [-0.2, 0) is 5.41 Å². The Bertz CT molecular complexity index is 1080. The smallest absolute Gasteiger partial charge is 0.271 e. The van der Waals surface area contributed by atoms with Crippen molar-refractivity contribution in [2.45, 2.75) is 98.3 Å². The van der Waals surface area contributed by atoms with Gasteiger partial charge in [-0.15, -0.1) is 34.0 Å². The molecular weight excluding hydrogens is 479 g/mol. The van der Waals surface area contributed by atoms with Gasteiger partial charge in [0.1, 0.15) is 4.88 Å². The van der Waals surface area contributed by atoms with Gasteiger partial charge in [0, 0.05) is 26.6 Å². The van der Waals surface area contributed by atoms with Crippen molar-refractivity contribution in [2.24, 2.45) is 0 Å². The van der Waals surface area contributed by atoms with E-state index in [0.717, 1.165) is 23.3 Å². The van der Waals surface area contributed by atoms with E-state index in [1.807, 2.05) is 18.3 Å². The Balaban J connectivity index is 1.98. The fourth-order valence-corrected chi connectivity index (χ4v) is 7.69. The number of hydrogen-bond acceptors (Lipinski definition) is 5. The highest BCUT2D eigenvalue weighted by atomic mass is 32.1. The number of amides is 2. The molecule has 0 aliphatic carbocycles. The summed E-state index contributed by atoms with van der Waals surface area (Å²) in [5.74, 6) is 0.0354. The van der Waals surface area contributed by atoms with E-state index in [0.29, 0.717) is 17.0 Å². The van der Waals surface area contributed by atoms with Crippen LogP contribution in [0.4, 0.5) is 0 Å². The van der Waals surface area contributed by atoms with Gasteiger partial charge in [-0.3, -0.25) is 14.5 Å². The average molecular weight is 518 g/mol. The van der Waals surface area contributed by atoms with Crippen LogP contribution in [0.2, 0.25) is 0 Å². The molecule has 0 saturated carbocycles. The van der Waals surface area contributed by atoms with Crippen LogP contribution in [0.1, 0.15) is 121 Å². The van der Waals surface area contributed by atoms with Gasteiger partial charge in [-0.2, -0.15) is 0 Å². The fraction of sp³-hybridized carbons (Fsp3) is 0.571. The van der Waals surface area contributed by atoms with E-state index >= 15 is 0 Å². The quantitative estimate of drug-likeness (QED) is 0.245. The lowest BCUT2D eigenvalue weighted by Crippen LogP contribution is -2.30. The van der Waals surface area contributed by atoms with Crippen molar-refractivity contribution in [1.29, 1.82) is 0 Å². The summed E-state index contributed by atoms with van der Waals surface area (Å²) < 4.78 is 0. The first-order chi connectivity index (χ1) is 16.1. The fourth-order valence-electron chi connectivity index (χ4n) is 4.23. The number of thiophene rings is 1. The summed E-state index contributed by atoms with van der Waals surface area (Å²) in [6, 6.07) is 4.41. The number of hydrogen-bond donors (Lipinski definition) is 0. The van der Waals surface area contributed by atoms with E-state index < -0.39 is 0 Å². The Morgan fingerprint density at radius 3 is 2.21 bits per heavy atom. The third-order valence-corrected chi connectivity index (χ3v) is 10.6. The molecule has 2 amide bonds. The summed E-state index contributed by atoms with van der Waals surface area (Å²) >= 11 is 5.00. The van der Waals surface area contributed by atoms with Crippen molar-refractivity contribution in [2.75, 3.05) is 6.54 Å². The van der Waals surface area contributed by atoms with Crippen LogP contribution in [0.15, 0.2) is 17.5 Å². The standard InChI is InChI=1S/C28H39NO2S3/c1-8-9-10-11-12-13-16-29-26(30)23-19(4)24(18(2)3)34-21(17-32-25(23)27(29)31)20-14-15-22(33-20)28(5,6)7/h14-15,17-18H,8-13,16H2,1-7H3. The van der Waals surface area contributed by atoms with Gasteiger partial charge in [-0.1, -0.05) is 73.6 Å². The van der Waals surface area contributed by atoms with Crippen LogP contribution < -0.4 is 0 Å². The summed E-state index contributed by atoms with van der Waals surface area (Å²) in [5.41, 5.74) is 1.69. The molecule has 0 spiro atoms. The topological polar surface area (TPSA) is 37.4 Å². The number of nitrogens with zero attached hydrogens (tertiary/aromatic N) is 1. The number of carbonyl (C=O) groups is 2. The summed E-state index contributed by atoms with van der Waals surface area (Å²) in [7, 11) is 0. The first-order valence-electron chi connectivity index (χ1n) is 12.5. The van der Waals surface area contributed by atoms with Crippen LogP contribution in [0.25, 0.3) is 9.75 Å². The molecule has 0 unspecified atom stereocenters. The van der Waals surface area contributed by atoms with E-state index in [1.165, 1.54) is 56.6 Å². The number of rotatable bonds is 9. The molecule has 6 heteroatoms. The van der Waals surface area contributed by atoms with E-state index in [-0.39, 0.29) is 23.1 Å².